The molecule has 0 aliphatic heterocycles. The standard InChI is InChI=1S/CH5O3P.2CH4/c1-5(2,3)4;;/h1H3,(H2,2,3,4);2*1H4/p-2. The molecule has 0 bridgehead atoms. The topological polar surface area (TPSA) is 63.2 Å². The van der Waals surface area contributed by atoms with Crippen LogP contribution in [0.25, 0.3) is 0 Å². The Kier molecular flexibility index (Phi) is 9.67. The highest BCUT2D eigenvalue weighted by molar-refractivity contribution is 7.47. The lowest BCUT2D eigenvalue weighted by Gasteiger charge is -2.22. The summed E-state index contributed by atoms with van der Waals surface area (Å²) in [6.45, 7) is 0.632. The van der Waals surface area contributed by atoms with E-state index in [0.717, 1.165) is 0 Å². The van der Waals surface area contributed by atoms with E-state index in [1.807, 2.05) is 0 Å². The predicted octanol–water partition coefficient (Wildman–Crippen LogP) is -0.198. The summed E-state index contributed by atoms with van der Waals surface area (Å²) in [5.41, 5.74) is 0. The summed E-state index contributed by atoms with van der Waals surface area (Å²) in [6, 6.07) is 0. The van der Waals surface area contributed by atoms with Crippen molar-refractivity contribution < 1.29 is 14.4 Å². The lowest BCUT2D eigenvalue weighted by atomic mass is 12.0. The molecule has 0 aliphatic rings. The van der Waals surface area contributed by atoms with Crippen molar-refractivity contribution in [3.05, 3.63) is 0 Å². The molecule has 0 aromatic heterocycles. The smallest absolute Gasteiger partial charge is 0.0369 e. The number of hydrogen-bond donors (Lipinski definition) is 0. The summed E-state index contributed by atoms with van der Waals surface area (Å²) in [7, 11) is -4.14. The van der Waals surface area contributed by atoms with Gasteiger partial charge in [0.1, 0.15) is 0 Å². The fourth-order valence-electron chi connectivity index (χ4n) is 0. The molecule has 48 valence electrons. The van der Waals surface area contributed by atoms with Gasteiger partial charge in [-0.05, 0) is 6.66 Å². The van der Waals surface area contributed by atoms with E-state index in [1.54, 1.807) is 0 Å². The third-order valence-corrected chi connectivity index (χ3v) is 0. The summed E-state index contributed by atoms with van der Waals surface area (Å²) in [5.74, 6) is 0. The summed E-state index contributed by atoms with van der Waals surface area (Å²) >= 11 is 0. The Labute approximate surface area is 44.5 Å². The first kappa shape index (κ1) is 15.7. The van der Waals surface area contributed by atoms with Crippen molar-refractivity contribution in [1.82, 2.24) is 0 Å². The van der Waals surface area contributed by atoms with Crippen molar-refractivity contribution in [3.8, 4) is 0 Å². The van der Waals surface area contributed by atoms with E-state index in [0.29, 0.717) is 6.66 Å². The molecule has 0 heterocycles. The van der Waals surface area contributed by atoms with E-state index in [1.165, 1.54) is 0 Å². The van der Waals surface area contributed by atoms with Gasteiger partial charge >= 0.3 is 0 Å². The van der Waals surface area contributed by atoms with Crippen LogP contribution in [0.4, 0.5) is 0 Å². The lowest BCUT2D eigenvalue weighted by molar-refractivity contribution is -0.311. The lowest BCUT2D eigenvalue weighted by Crippen LogP contribution is -2.10. The van der Waals surface area contributed by atoms with Crippen LogP contribution in [0.2, 0.25) is 0 Å². The van der Waals surface area contributed by atoms with E-state index in [-0.39, 0.29) is 14.9 Å². The third kappa shape index (κ3) is 4710. The van der Waals surface area contributed by atoms with Crippen molar-refractivity contribution in [3.63, 3.8) is 0 Å². The second-order valence-corrected chi connectivity index (χ2v) is 2.31. The van der Waals surface area contributed by atoms with Gasteiger partial charge < -0.3 is 14.4 Å². The normalized spacial score (nSPS) is 8.43. The Morgan fingerprint density at radius 3 is 1.29 bits per heavy atom. The van der Waals surface area contributed by atoms with Gasteiger partial charge in [-0.2, -0.15) is 0 Å². The van der Waals surface area contributed by atoms with Crippen molar-refractivity contribution >= 4 is 7.60 Å². The SMILES string of the molecule is C.C.CP(=O)([O-])[O-]. The minimum atomic E-state index is -4.14. The molecule has 0 saturated carbocycles. The van der Waals surface area contributed by atoms with E-state index in [4.69, 9.17) is 14.4 Å². The molecule has 7 heavy (non-hydrogen) atoms. The first-order valence-electron chi connectivity index (χ1n) is 0.995. The van der Waals surface area contributed by atoms with Crippen molar-refractivity contribution in [2.24, 2.45) is 0 Å². The molecule has 0 N–H and O–H groups in total. The second kappa shape index (κ2) is 4.31. The molecular weight excluding hydrogens is 115 g/mol. The molecule has 0 spiro atoms. The molecule has 0 amide bonds. The summed E-state index contributed by atoms with van der Waals surface area (Å²) < 4.78 is 9.10. The zero-order chi connectivity index (χ0) is 4.50. The average molecular weight is 126 g/mol. The first-order valence-corrected chi connectivity index (χ1v) is 2.98. The number of rotatable bonds is 0. The minimum absolute atomic E-state index is 0. The van der Waals surface area contributed by atoms with E-state index < -0.39 is 7.60 Å². The Hall–Kier alpha value is 0.150. The van der Waals surface area contributed by atoms with Crippen LogP contribution in [0.1, 0.15) is 14.9 Å². The maximum atomic E-state index is 9.10. The van der Waals surface area contributed by atoms with Crippen molar-refractivity contribution in [1.29, 1.82) is 0 Å². The van der Waals surface area contributed by atoms with Crippen LogP contribution in [-0.2, 0) is 4.57 Å². The van der Waals surface area contributed by atoms with Crippen LogP contribution >= 0.6 is 7.60 Å². The zero-order valence-electron chi connectivity index (χ0n) is 2.67. The van der Waals surface area contributed by atoms with Crippen LogP contribution < -0.4 is 9.79 Å². The first-order chi connectivity index (χ1) is 2.00. The Balaban J connectivity index is -0.0000000800. The maximum absolute atomic E-state index is 9.10. The van der Waals surface area contributed by atoms with Gasteiger partial charge in [-0.25, -0.2) is 0 Å². The molecule has 0 aromatic rings. The van der Waals surface area contributed by atoms with Gasteiger partial charge in [0, 0.05) is 0 Å². The molecule has 0 atom stereocenters. The van der Waals surface area contributed by atoms with Gasteiger partial charge in [-0.15, -0.1) is 0 Å². The van der Waals surface area contributed by atoms with E-state index in [9.17, 15) is 0 Å². The van der Waals surface area contributed by atoms with E-state index >= 15 is 0 Å². The minimum Gasteiger partial charge on any atom is -0.811 e. The van der Waals surface area contributed by atoms with Crippen LogP contribution in [0, 0.1) is 0 Å². The number of hydrogen-bond acceptors (Lipinski definition) is 3. The van der Waals surface area contributed by atoms with Crippen LogP contribution in [0.5, 0.6) is 0 Å². The quantitative estimate of drug-likeness (QED) is 0.422. The van der Waals surface area contributed by atoms with Crippen LogP contribution in [-0.4, -0.2) is 6.66 Å². The monoisotopic (exact) mass is 126 g/mol. The van der Waals surface area contributed by atoms with E-state index in [2.05, 4.69) is 0 Å². The molecule has 0 aliphatic carbocycles. The van der Waals surface area contributed by atoms with Gasteiger partial charge in [0.25, 0.3) is 0 Å². The highest BCUT2D eigenvalue weighted by Gasteiger charge is 1.62. The van der Waals surface area contributed by atoms with Gasteiger partial charge in [0.15, 0.2) is 0 Å². The molecule has 0 aromatic carbocycles. The summed E-state index contributed by atoms with van der Waals surface area (Å²) in [6.07, 6.45) is 0. The highest BCUT2D eigenvalue weighted by Crippen LogP contribution is 2.12. The van der Waals surface area contributed by atoms with Crippen LogP contribution in [0.3, 0.4) is 0 Å². The second-order valence-electron chi connectivity index (χ2n) is 0.771. The molecule has 3 nitrogen and oxygen atoms in total. The molecule has 0 unspecified atom stereocenters. The van der Waals surface area contributed by atoms with Gasteiger partial charge in [-0.1, -0.05) is 22.4 Å². The molecule has 0 rings (SSSR count). The molecular formula is C3H11O3P-2. The molecule has 0 radical (unpaired) electrons. The van der Waals surface area contributed by atoms with Gasteiger partial charge in [-0.3, -0.25) is 0 Å². The largest absolute Gasteiger partial charge is 0.811 e. The van der Waals surface area contributed by atoms with Gasteiger partial charge in [0.2, 0.25) is 0 Å². The Morgan fingerprint density at radius 2 is 1.29 bits per heavy atom. The summed E-state index contributed by atoms with van der Waals surface area (Å²) in [5, 5.41) is 0. The molecule has 4 heteroatoms. The summed E-state index contributed by atoms with van der Waals surface area (Å²) in [4.78, 5) is 18.2. The van der Waals surface area contributed by atoms with Gasteiger partial charge in [0.05, 0.1) is 0 Å². The third-order valence-electron chi connectivity index (χ3n) is 0. The molecule has 0 fully saturated rings. The fourth-order valence-corrected chi connectivity index (χ4v) is 0. The predicted molar refractivity (Wildman–Crippen MR) is 27.0 cm³/mol. The Morgan fingerprint density at radius 1 is 1.29 bits per heavy atom. The van der Waals surface area contributed by atoms with Crippen molar-refractivity contribution in [2.45, 2.75) is 14.9 Å². The van der Waals surface area contributed by atoms with Crippen LogP contribution in [0.15, 0.2) is 0 Å². The fraction of sp³-hybridized carbons (Fsp3) is 1.00. The average Bonchev–Trinajstić information content (AvgIpc) is 0.722. The molecule has 0 saturated heterocycles. The highest BCUT2D eigenvalue weighted by atomic mass is 31.2. The Bertz CT molecular complexity index is 56.3. The zero-order valence-corrected chi connectivity index (χ0v) is 3.57. The van der Waals surface area contributed by atoms with Crippen molar-refractivity contribution in [2.75, 3.05) is 6.66 Å². The maximum Gasteiger partial charge on any atom is -0.0369 e.